The Morgan fingerprint density at radius 2 is 1.57 bits per heavy atom. The van der Waals surface area contributed by atoms with Crippen molar-refractivity contribution in [3.63, 3.8) is 0 Å². The summed E-state index contributed by atoms with van der Waals surface area (Å²) in [6.45, 7) is 8.57. The molecule has 120 valence electrons. The van der Waals surface area contributed by atoms with Crippen molar-refractivity contribution in [1.29, 1.82) is 0 Å². The molecule has 1 heterocycles. The van der Waals surface area contributed by atoms with Gasteiger partial charge in [-0.25, -0.2) is 0 Å². The predicted octanol–water partition coefficient (Wildman–Crippen LogP) is 1.91. The van der Waals surface area contributed by atoms with Crippen molar-refractivity contribution >= 4 is 11.9 Å². The number of carboxylic acids is 1. The van der Waals surface area contributed by atoms with Crippen LogP contribution in [0.15, 0.2) is 0 Å². The molecule has 1 aliphatic heterocycles. The summed E-state index contributed by atoms with van der Waals surface area (Å²) in [5.74, 6) is -1.77. The first kappa shape index (κ1) is 16.3. The molecule has 1 amide bonds. The van der Waals surface area contributed by atoms with E-state index in [1.807, 2.05) is 0 Å². The molecule has 2 rings (SSSR count). The second-order valence-corrected chi connectivity index (χ2v) is 7.99. The summed E-state index contributed by atoms with van der Waals surface area (Å²) in [4.78, 5) is 23.7. The van der Waals surface area contributed by atoms with Gasteiger partial charge in [0.05, 0.1) is 11.8 Å². The van der Waals surface area contributed by atoms with E-state index in [1.165, 1.54) is 0 Å². The summed E-state index contributed by atoms with van der Waals surface area (Å²) in [5.41, 5.74) is -0.0524. The summed E-state index contributed by atoms with van der Waals surface area (Å²) in [6, 6.07) is 0.110. The third kappa shape index (κ3) is 3.96. The first-order valence-electron chi connectivity index (χ1n) is 7.92. The smallest absolute Gasteiger partial charge is 0.307 e. The second-order valence-electron chi connectivity index (χ2n) is 7.99. The zero-order chi connectivity index (χ0) is 15.8. The lowest BCUT2D eigenvalue weighted by Gasteiger charge is -2.46. The van der Waals surface area contributed by atoms with Crippen molar-refractivity contribution < 1.29 is 14.7 Å². The highest BCUT2D eigenvalue weighted by molar-refractivity contribution is 5.85. The first-order chi connectivity index (χ1) is 9.60. The third-order valence-corrected chi connectivity index (χ3v) is 4.71. The second kappa shape index (κ2) is 5.59. The summed E-state index contributed by atoms with van der Waals surface area (Å²) in [7, 11) is 0. The molecular weight excluding hydrogens is 268 g/mol. The summed E-state index contributed by atoms with van der Waals surface area (Å²) in [6.07, 6.45) is 3.88. The van der Waals surface area contributed by atoms with Crippen LogP contribution >= 0.6 is 0 Å². The fourth-order valence-corrected chi connectivity index (χ4v) is 4.30. The van der Waals surface area contributed by atoms with Crippen LogP contribution in [-0.2, 0) is 9.59 Å². The van der Waals surface area contributed by atoms with Crippen LogP contribution in [0.4, 0.5) is 0 Å². The number of carbonyl (C=O) groups excluding carboxylic acids is 1. The topological polar surface area (TPSA) is 78.4 Å². The van der Waals surface area contributed by atoms with Crippen LogP contribution in [0.1, 0.15) is 59.8 Å². The maximum absolute atomic E-state index is 12.5. The molecule has 0 bridgehead atoms. The number of carboxylic acid groups (broad SMARTS) is 1. The summed E-state index contributed by atoms with van der Waals surface area (Å²) < 4.78 is 0. The quantitative estimate of drug-likeness (QED) is 0.743. The molecule has 0 spiro atoms. The van der Waals surface area contributed by atoms with Crippen LogP contribution in [0.2, 0.25) is 0 Å². The molecule has 0 radical (unpaired) electrons. The highest BCUT2D eigenvalue weighted by Gasteiger charge is 2.41. The van der Waals surface area contributed by atoms with E-state index in [4.69, 9.17) is 0 Å². The van der Waals surface area contributed by atoms with E-state index in [9.17, 15) is 14.7 Å². The SMILES string of the molecule is CC1(C)CC(NC(=O)[C@@H]2CCC[C@@H]2C(=O)O)CC(C)(C)N1. The molecule has 1 saturated carbocycles. The van der Waals surface area contributed by atoms with Gasteiger partial charge < -0.3 is 15.7 Å². The minimum atomic E-state index is -0.835. The van der Waals surface area contributed by atoms with Crippen LogP contribution in [-0.4, -0.2) is 34.1 Å². The number of rotatable bonds is 3. The van der Waals surface area contributed by atoms with Gasteiger partial charge in [-0.15, -0.1) is 0 Å². The Labute approximate surface area is 126 Å². The number of hydrogen-bond donors (Lipinski definition) is 3. The third-order valence-electron chi connectivity index (χ3n) is 4.71. The summed E-state index contributed by atoms with van der Waals surface area (Å²) >= 11 is 0. The van der Waals surface area contributed by atoms with Gasteiger partial charge in [-0.2, -0.15) is 0 Å². The number of amides is 1. The maximum Gasteiger partial charge on any atom is 0.307 e. The standard InChI is InChI=1S/C16H28N2O3/c1-15(2)8-10(9-16(3,4)18-15)17-13(19)11-6-5-7-12(11)14(20)21/h10-12,18H,5-9H2,1-4H3,(H,17,19)(H,20,21)/t11-,12+/m1/s1. The van der Waals surface area contributed by atoms with Gasteiger partial charge in [0.2, 0.25) is 5.91 Å². The molecule has 1 aliphatic carbocycles. The molecule has 0 aromatic rings. The van der Waals surface area contributed by atoms with Gasteiger partial charge in [-0.05, 0) is 53.4 Å². The van der Waals surface area contributed by atoms with Crippen molar-refractivity contribution in [3.05, 3.63) is 0 Å². The molecule has 2 fully saturated rings. The van der Waals surface area contributed by atoms with E-state index >= 15 is 0 Å². The molecule has 3 N–H and O–H groups in total. The Bertz CT molecular complexity index is 415. The first-order valence-corrected chi connectivity index (χ1v) is 7.92. The fourth-order valence-electron chi connectivity index (χ4n) is 4.30. The van der Waals surface area contributed by atoms with Crippen molar-refractivity contribution in [2.24, 2.45) is 11.8 Å². The lowest BCUT2D eigenvalue weighted by molar-refractivity contribution is -0.146. The van der Waals surface area contributed by atoms with E-state index in [2.05, 4.69) is 38.3 Å². The Morgan fingerprint density at radius 1 is 1.05 bits per heavy atom. The molecular formula is C16H28N2O3. The number of aliphatic carboxylic acids is 1. The molecule has 5 heteroatoms. The average Bonchev–Trinajstić information content (AvgIpc) is 2.72. The van der Waals surface area contributed by atoms with Gasteiger partial charge in [0.25, 0.3) is 0 Å². The molecule has 21 heavy (non-hydrogen) atoms. The van der Waals surface area contributed by atoms with E-state index in [-0.39, 0.29) is 28.9 Å². The maximum atomic E-state index is 12.5. The van der Waals surface area contributed by atoms with Crippen molar-refractivity contribution in [3.8, 4) is 0 Å². The van der Waals surface area contributed by atoms with Gasteiger partial charge >= 0.3 is 5.97 Å². The lowest BCUT2D eigenvalue weighted by atomic mass is 9.79. The highest BCUT2D eigenvalue weighted by atomic mass is 16.4. The van der Waals surface area contributed by atoms with Crippen LogP contribution in [0.5, 0.6) is 0 Å². The van der Waals surface area contributed by atoms with Crippen LogP contribution in [0, 0.1) is 11.8 Å². The number of carbonyl (C=O) groups is 2. The molecule has 5 nitrogen and oxygen atoms in total. The molecule has 0 unspecified atom stereocenters. The summed E-state index contributed by atoms with van der Waals surface area (Å²) in [5, 5.41) is 15.9. The Hall–Kier alpha value is -1.10. The van der Waals surface area contributed by atoms with Gasteiger partial charge in [0, 0.05) is 17.1 Å². The van der Waals surface area contributed by atoms with E-state index in [0.29, 0.717) is 12.8 Å². The number of piperidine rings is 1. The zero-order valence-corrected chi connectivity index (χ0v) is 13.5. The van der Waals surface area contributed by atoms with E-state index in [1.54, 1.807) is 0 Å². The molecule has 0 aromatic heterocycles. The Morgan fingerprint density at radius 3 is 2.10 bits per heavy atom. The average molecular weight is 296 g/mol. The molecule has 2 atom stereocenters. The monoisotopic (exact) mass is 296 g/mol. The van der Waals surface area contributed by atoms with E-state index < -0.39 is 11.9 Å². The largest absolute Gasteiger partial charge is 0.481 e. The molecule has 1 saturated heterocycles. The minimum absolute atomic E-state index is 0.0262. The van der Waals surface area contributed by atoms with Crippen LogP contribution in [0.25, 0.3) is 0 Å². The van der Waals surface area contributed by atoms with Crippen LogP contribution in [0.3, 0.4) is 0 Å². The Kier molecular flexibility index (Phi) is 4.34. The van der Waals surface area contributed by atoms with Gasteiger partial charge in [0.15, 0.2) is 0 Å². The number of nitrogens with one attached hydrogen (secondary N) is 2. The molecule has 2 aliphatic rings. The fraction of sp³-hybridized carbons (Fsp3) is 0.875. The van der Waals surface area contributed by atoms with Crippen molar-refractivity contribution in [2.75, 3.05) is 0 Å². The van der Waals surface area contributed by atoms with Gasteiger partial charge in [-0.3, -0.25) is 9.59 Å². The zero-order valence-electron chi connectivity index (χ0n) is 13.5. The van der Waals surface area contributed by atoms with Gasteiger partial charge in [-0.1, -0.05) is 6.42 Å². The molecule has 0 aromatic carbocycles. The van der Waals surface area contributed by atoms with Crippen molar-refractivity contribution in [1.82, 2.24) is 10.6 Å². The normalized spacial score (nSPS) is 31.8. The van der Waals surface area contributed by atoms with Crippen LogP contribution < -0.4 is 10.6 Å². The predicted molar refractivity (Wildman–Crippen MR) is 80.9 cm³/mol. The lowest BCUT2D eigenvalue weighted by Crippen LogP contribution is -2.62. The van der Waals surface area contributed by atoms with Crippen molar-refractivity contribution in [2.45, 2.75) is 76.9 Å². The minimum Gasteiger partial charge on any atom is -0.481 e. The highest BCUT2D eigenvalue weighted by Crippen LogP contribution is 2.33. The Balaban J connectivity index is 2.00. The number of hydrogen-bond acceptors (Lipinski definition) is 3. The van der Waals surface area contributed by atoms with Gasteiger partial charge in [0.1, 0.15) is 0 Å². The van der Waals surface area contributed by atoms with E-state index in [0.717, 1.165) is 19.3 Å².